The lowest BCUT2D eigenvalue weighted by Crippen LogP contribution is -2.17. The molecule has 4 heteroatoms. The fourth-order valence-corrected chi connectivity index (χ4v) is 2.05. The molecule has 0 radical (unpaired) electrons. The summed E-state index contributed by atoms with van der Waals surface area (Å²) in [5.74, 6) is 0. The molecule has 1 heterocycles. The topological polar surface area (TPSA) is 25.2 Å². The first-order valence-electron chi connectivity index (χ1n) is 5.50. The number of carbonyl (C=O) groups excluding carboxylic acids is 1. The Morgan fingerprint density at radius 1 is 1.41 bits per heavy atom. The molecule has 17 heavy (non-hydrogen) atoms. The summed E-state index contributed by atoms with van der Waals surface area (Å²) in [6.45, 7) is 1.77. The molecular weight excluding hydrogens is 236 g/mol. The molecule has 0 saturated carbocycles. The van der Waals surface area contributed by atoms with Gasteiger partial charge in [0.05, 0.1) is 5.52 Å². The minimum atomic E-state index is 0.694. The highest BCUT2D eigenvalue weighted by Gasteiger charge is 2.08. The van der Waals surface area contributed by atoms with E-state index in [1.165, 1.54) is 0 Å². The van der Waals surface area contributed by atoms with E-state index in [1.54, 1.807) is 0 Å². The van der Waals surface area contributed by atoms with Crippen molar-refractivity contribution in [2.24, 2.45) is 0 Å². The molecule has 0 bridgehead atoms. The number of rotatable bonds is 4. The van der Waals surface area contributed by atoms with Gasteiger partial charge in [0, 0.05) is 35.3 Å². The molecule has 0 fully saturated rings. The van der Waals surface area contributed by atoms with Crippen LogP contribution in [0.3, 0.4) is 0 Å². The number of nitrogens with zero attached hydrogens (tertiary/aromatic N) is 2. The summed E-state index contributed by atoms with van der Waals surface area (Å²) in [4.78, 5) is 13.1. The van der Waals surface area contributed by atoms with E-state index in [0.717, 1.165) is 35.8 Å². The van der Waals surface area contributed by atoms with Crippen LogP contribution in [0.1, 0.15) is 10.4 Å². The van der Waals surface area contributed by atoms with Crippen LogP contribution in [-0.2, 0) is 6.54 Å². The van der Waals surface area contributed by atoms with E-state index in [4.69, 9.17) is 11.6 Å². The second-order valence-corrected chi connectivity index (χ2v) is 4.80. The van der Waals surface area contributed by atoms with Crippen LogP contribution in [0.4, 0.5) is 0 Å². The van der Waals surface area contributed by atoms with Crippen LogP contribution in [0, 0.1) is 0 Å². The third-order valence-corrected chi connectivity index (χ3v) is 3.03. The molecule has 0 N–H and O–H groups in total. The summed E-state index contributed by atoms with van der Waals surface area (Å²) in [5, 5.41) is 1.65. The predicted molar refractivity (Wildman–Crippen MR) is 70.9 cm³/mol. The summed E-state index contributed by atoms with van der Waals surface area (Å²) in [6, 6.07) is 5.61. The molecule has 90 valence electrons. The third-order valence-electron chi connectivity index (χ3n) is 2.79. The zero-order chi connectivity index (χ0) is 12.4. The predicted octanol–water partition coefficient (Wildman–Crippen LogP) is 2.67. The van der Waals surface area contributed by atoms with Crippen molar-refractivity contribution in [3.8, 4) is 0 Å². The molecule has 1 aromatic heterocycles. The largest absolute Gasteiger partial charge is 0.345 e. The lowest BCUT2D eigenvalue weighted by Gasteiger charge is -2.11. The van der Waals surface area contributed by atoms with Gasteiger partial charge in [-0.3, -0.25) is 4.79 Å². The van der Waals surface area contributed by atoms with E-state index in [2.05, 4.69) is 9.47 Å². The van der Waals surface area contributed by atoms with Gasteiger partial charge in [0.2, 0.25) is 0 Å². The molecule has 2 aromatic rings. The van der Waals surface area contributed by atoms with Crippen LogP contribution in [0.2, 0.25) is 5.02 Å². The second kappa shape index (κ2) is 4.90. The highest BCUT2D eigenvalue weighted by Crippen LogP contribution is 2.23. The second-order valence-electron chi connectivity index (χ2n) is 4.36. The van der Waals surface area contributed by atoms with Crippen LogP contribution in [0.25, 0.3) is 10.9 Å². The summed E-state index contributed by atoms with van der Waals surface area (Å²) in [6.07, 6.45) is 2.78. The normalized spacial score (nSPS) is 11.3. The molecule has 0 spiro atoms. The number of aldehydes is 1. The zero-order valence-electron chi connectivity index (χ0n) is 9.98. The molecule has 0 saturated heterocycles. The van der Waals surface area contributed by atoms with E-state index in [0.29, 0.717) is 5.02 Å². The van der Waals surface area contributed by atoms with E-state index in [-0.39, 0.29) is 0 Å². The molecule has 0 aliphatic heterocycles. The highest BCUT2D eigenvalue weighted by atomic mass is 35.5. The van der Waals surface area contributed by atoms with Crippen LogP contribution in [0.5, 0.6) is 0 Å². The first kappa shape index (κ1) is 12.1. The number of fused-ring (bicyclic) bond motifs is 1. The number of carbonyl (C=O) groups is 1. The van der Waals surface area contributed by atoms with Crippen LogP contribution in [-0.4, -0.2) is 36.4 Å². The van der Waals surface area contributed by atoms with Gasteiger partial charge in [-0.25, -0.2) is 0 Å². The van der Waals surface area contributed by atoms with Gasteiger partial charge < -0.3 is 9.47 Å². The quantitative estimate of drug-likeness (QED) is 0.780. The van der Waals surface area contributed by atoms with Crippen molar-refractivity contribution in [1.29, 1.82) is 0 Å². The minimum absolute atomic E-state index is 0.694. The Morgan fingerprint density at radius 2 is 2.18 bits per heavy atom. The first-order chi connectivity index (χ1) is 8.11. The number of likely N-dealkylation sites (N-methyl/N-ethyl adjacent to an activating group) is 1. The Morgan fingerprint density at radius 3 is 2.82 bits per heavy atom. The highest BCUT2D eigenvalue weighted by molar-refractivity contribution is 6.31. The molecule has 3 nitrogen and oxygen atoms in total. The van der Waals surface area contributed by atoms with Crippen molar-refractivity contribution >= 4 is 28.8 Å². The molecule has 0 aliphatic carbocycles. The van der Waals surface area contributed by atoms with Crippen LogP contribution >= 0.6 is 11.6 Å². The van der Waals surface area contributed by atoms with Crippen molar-refractivity contribution in [2.75, 3.05) is 20.6 Å². The molecule has 0 amide bonds. The summed E-state index contributed by atoms with van der Waals surface area (Å²) in [7, 11) is 4.05. The van der Waals surface area contributed by atoms with Gasteiger partial charge in [-0.15, -0.1) is 0 Å². The van der Waals surface area contributed by atoms with Gasteiger partial charge in [-0.1, -0.05) is 17.7 Å². The Bertz CT molecular complexity index is 546. The Labute approximate surface area is 106 Å². The maximum absolute atomic E-state index is 11.0. The lowest BCUT2D eigenvalue weighted by molar-refractivity contribution is 0.112. The van der Waals surface area contributed by atoms with Gasteiger partial charge in [-0.05, 0) is 26.2 Å². The van der Waals surface area contributed by atoms with E-state index < -0.39 is 0 Å². The van der Waals surface area contributed by atoms with Crippen molar-refractivity contribution in [3.63, 3.8) is 0 Å². The number of hydrogen-bond donors (Lipinski definition) is 0. The van der Waals surface area contributed by atoms with E-state index in [1.807, 2.05) is 38.5 Å². The molecule has 0 unspecified atom stereocenters. The number of hydrogen-bond acceptors (Lipinski definition) is 2. The SMILES string of the molecule is CN(C)CCn1cc(C=O)c2ccc(Cl)cc21. The van der Waals surface area contributed by atoms with Gasteiger partial charge in [-0.2, -0.15) is 0 Å². The standard InChI is InChI=1S/C13H15ClN2O/c1-15(2)5-6-16-8-10(9-17)12-4-3-11(14)7-13(12)16/h3-4,7-9H,5-6H2,1-2H3. The molecular formula is C13H15ClN2O. The lowest BCUT2D eigenvalue weighted by atomic mass is 10.2. The van der Waals surface area contributed by atoms with E-state index >= 15 is 0 Å². The minimum Gasteiger partial charge on any atom is -0.345 e. The smallest absolute Gasteiger partial charge is 0.152 e. The van der Waals surface area contributed by atoms with Crippen molar-refractivity contribution in [3.05, 3.63) is 35.0 Å². The first-order valence-corrected chi connectivity index (χ1v) is 5.88. The van der Waals surface area contributed by atoms with Gasteiger partial charge in [0.15, 0.2) is 6.29 Å². The number of aromatic nitrogens is 1. The van der Waals surface area contributed by atoms with Crippen molar-refractivity contribution in [2.45, 2.75) is 6.54 Å². The van der Waals surface area contributed by atoms with E-state index in [9.17, 15) is 4.79 Å². The van der Waals surface area contributed by atoms with Crippen molar-refractivity contribution < 1.29 is 4.79 Å². The summed E-state index contributed by atoms with van der Waals surface area (Å²) < 4.78 is 2.07. The molecule has 1 aromatic carbocycles. The fourth-order valence-electron chi connectivity index (χ4n) is 1.88. The third kappa shape index (κ3) is 2.51. The number of halogens is 1. The molecule has 2 rings (SSSR count). The average molecular weight is 251 g/mol. The Kier molecular flexibility index (Phi) is 3.50. The molecule has 0 aliphatic rings. The summed E-state index contributed by atoms with van der Waals surface area (Å²) in [5.41, 5.74) is 1.73. The van der Waals surface area contributed by atoms with Crippen molar-refractivity contribution in [1.82, 2.24) is 9.47 Å². The number of benzene rings is 1. The fraction of sp³-hybridized carbons (Fsp3) is 0.308. The van der Waals surface area contributed by atoms with Gasteiger partial charge >= 0.3 is 0 Å². The Hall–Kier alpha value is -1.32. The Balaban J connectivity index is 2.47. The van der Waals surface area contributed by atoms with Gasteiger partial charge in [0.25, 0.3) is 0 Å². The van der Waals surface area contributed by atoms with Gasteiger partial charge in [0.1, 0.15) is 0 Å². The maximum atomic E-state index is 11.0. The molecule has 0 atom stereocenters. The van der Waals surface area contributed by atoms with Crippen LogP contribution < -0.4 is 0 Å². The maximum Gasteiger partial charge on any atom is 0.152 e. The summed E-state index contributed by atoms with van der Waals surface area (Å²) >= 11 is 5.99. The monoisotopic (exact) mass is 250 g/mol. The average Bonchev–Trinajstić information content (AvgIpc) is 2.63. The zero-order valence-corrected chi connectivity index (χ0v) is 10.7. The van der Waals surface area contributed by atoms with Crippen LogP contribution in [0.15, 0.2) is 24.4 Å².